The van der Waals surface area contributed by atoms with Gasteiger partial charge in [0.15, 0.2) is 0 Å². The highest BCUT2D eigenvalue weighted by molar-refractivity contribution is 6.32. The first-order chi connectivity index (χ1) is 6.70. The topological polar surface area (TPSA) is 65.8 Å². The zero-order chi connectivity index (χ0) is 10.1. The molecule has 5 nitrogen and oxygen atoms in total. The van der Waals surface area contributed by atoms with E-state index in [4.69, 9.17) is 17.4 Å². The van der Waals surface area contributed by atoms with E-state index in [1.54, 1.807) is 24.3 Å². The third-order valence-corrected chi connectivity index (χ3v) is 2.09. The summed E-state index contributed by atoms with van der Waals surface area (Å²) in [4.78, 5) is 11.4. The van der Waals surface area contributed by atoms with Gasteiger partial charge in [0.2, 0.25) is 0 Å². The molecule has 0 aliphatic carbocycles. The van der Waals surface area contributed by atoms with Crippen LogP contribution in [0.1, 0.15) is 0 Å². The highest BCUT2D eigenvalue weighted by Crippen LogP contribution is 2.16. The standard InChI is InChI=1S/C8H7ClN4O/c9-6-3-1-2-4-7(6)13-8(14)12(10)5-11-13/h1-5H,10H2. The molecule has 0 atom stereocenters. The van der Waals surface area contributed by atoms with Crippen molar-refractivity contribution in [3.8, 4) is 5.69 Å². The lowest BCUT2D eigenvalue weighted by molar-refractivity contribution is 0.821. The van der Waals surface area contributed by atoms with E-state index in [1.165, 1.54) is 6.33 Å². The van der Waals surface area contributed by atoms with E-state index < -0.39 is 5.69 Å². The number of rotatable bonds is 1. The summed E-state index contributed by atoms with van der Waals surface area (Å²) in [5.74, 6) is 5.31. The van der Waals surface area contributed by atoms with Crippen molar-refractivity contribution >= 4 is 11.6 Å². The Labute approximate surface area is 84.3 Å². The van der Waals surface area contributed by atoms with Gasteiger partial charge in [-0.25, -0.2) is 4.79 Å². The molecule has 0 aliphatic heterocycles. The quantitative estimate of drug-likeness (QED) is 0.693. The number of nitrogen functional groups attached to an aromatic ring is 1. The molecule has 0 saturated heterocycles. The molecule has 6 heteroatoms. The Bertz CT molecular complexity index is 516. The molecule has 0 unspecified atom stereocenters. The molecule has 1 heterocycles. The van der Waals surface area contributed by atoms with Gasteiger partial charge in [-0.15, -0.1) is 0 Å². The van der Waals surface area contributed by atoms with Gasteiger partial charge >= 0.3 is 5.69 Å². The second-order valence-corrected chi connectivity index (χ2v) is 3.09. The van der Waals surface area contributed by atoms with E-state index in [2.05, 4.69) is 5.10 Å². The third-order valence-electron chi connectivity index (χ3n) is 1.77. The van der Waals surface area contributed by atoms with Crippen molar-refractivity contribution in [1.29, 1.82) is 0 Å². The van der Waals surface area contributed by atoms with Crippen LogP contribution in [0.4, 0.5) is 0 Å². The molecule has 2 rings (SSSR count). The van der Waals surface area contributed by atoms with Crippen LogP contribution in [0, 0.1) is 0 Å². The van der Waals surface area contributed by atoms with Crippen LogP contribution < -0.4 is 11.5 Å². The largest absolute Gasteiger partial charge is 0.369 e. The molecule has 0 spiro atoms. The Morgan fingerprint density at radius 1 is 1.36 bits per heavy atom. The van der Waals surface area contributed by atoms with Gasteiger partial charge in [0.05, 0.1) is 10.7 Å². The predicted octanol–water partition coefficient (Wildman–Crippen LogP) is 0.401. The first-order valence-corrected chi connectivity index (χ1v) is 4.24. The second-order valence-electron chi connectivity index (χ2n) is 2.68. The lowest BCUT2D eigenvalue weighted by atomic mass is 10.3. The Morgan fingerprint density at radius 2 is 2.07 bits per heavy atom. The van der Waals surface area contributed by atoms with Crippen LogP contribution in [0.15, 0.2) is 35.4 Å². The lowest BCUT2D eigenvalue weighted by Crippen LogP contribution is -2.28. The van der Waals surface area contributed by atoms with E-state index in [0.717, 1.165) is 9.36 Å². The summed E-state index contributed by atoms with van der Waals surface area (Å²) in [7, 11) is 0. The first-order valence-electron chi connectivity index (χ1n) is 3.87. The van der Waals surface area contributed by atoms with Gasteiger partial charge < -0.3 is 5.84 Å². The summed E-state index contributed by atoms with van der Waals surface area (Å²) in [5.41, 5.74) is 0.0847. The second kappa shape index (κ2) is 3.19. The maximum absolute atomic E-state index is 11.4. The summed E-state index contributed by atoms with van der Waals surface area (Å²) in [6.45, 7) is 0. The van der Waals surface area contributed by atoms with Crippen LogP contribution in [0.25, 0.3) is 5.69 Å². The minimum Gasteiger partial charge on any atom is -0.334 e. The van der Waals surface area contributed by atoms with E-state index in [9.17, 15) is 4.79 Å². The summed E-state index contributed by atoms with van der Waals surface area (Å²) < 4.78 is 2.03. The predicted molar refractivity (Wildman–Crippen MR) is 53.0 cm³/mol. The van der Waals surface area contributed by atoms with Crippen molar-refractivity contribution < 1.29 is 0 Å². The fraction of sp³-hybridized carbons (Fsp3) is 0. The number of benzene rings is 1. The zero-order valence-electron chi connectivity index (χ0n) is 7.09. The normalized spacial score (nSPS) is 10.4. The maximum atomic E-state index is 11.4. The summed E-state index contributed by atoms with van der Waals surface area (Å²) in [6.07, 6.45) is 1.23. The number of halogens is 1. The maximum Gasteiger partial charge on any atom is 0.369 e. The molecule has 0 aliphatic rings. The van der Waals surface area contributed by atoms with E-state index in [-0.39, 0.29) is 0 Å². The van der Waals surface area contributed by atoms with E-state index >= 15 is 0 Å². The fourth-order valence-corrected chi connectivity index (χ4v) is 1.32. The number of aromatic nitrogens is 3. The Hall–Kier alpha value is -1.75. The number of nitrogens with zero attached hydrogens (tertiary/aromatic N) is 3. The highest BCUT2D eigenvalue weighted by Gasteiger charge is 2.07. The lowest BCUT2D eigenvalue weighted by Gasteiger charge is -2.00. The molecule has 0 radical (unpaired) electrons. The molecule has 2 N–H and O–H groups in total. The SMILES string of the molecule is Nn1cnn(-c2ccccc2Cl)c1=O. The van der Waals surface area contributed by atoms with Crippen LogP contribution >= 0.6 is 11.6 Å². The van der Waals surface area contributed by atoms with Gasteiger partial charge in [-0.05, 0) is 12.1 Å². The van der Waals surface area contributed by atoms with Crippen molar-refractivity contribution in [2.75, 3.05) is 5.84 Å². The van der Waals surface area contributed by atoms with E-state index in [0.29, 0.717) is 10.7 Å². The van der Waals surface area contributed by atoms with Crippen LogP contribution in [0.3, 0.4) is 0 Å². The first kappa shape index (κ1) is 8.83. The molecule has 0 fully saturated rings. The molecule has 14 heavy (non-hydrogen) atoms. The Kier molecular flexibility index (Phi) is 2.01. The van der Waals surface area contributed by atoms with Crippen LogP contribution in [-0.2, 0) is 0 Å². The molecule has 72 valence electrons. The molecular formula is C8H7ClN4O. The molecule has 2 aromatic rings. The number of nitrogens with two attached hydrogens (primary N) is 1. The average Bonchev–Trinajstić information content (AvgIpc) is 2.49. The minimum atomic E-state index is -0.432. The molecule has 1 aromatic carbocycles. The molecular weight excluding hydrogens is 204 g/mol. The van der Waals surface area contributed by atoms with Crippen molar-refractivity contribution in [1.82, 2.24) is 14.5 Å². The fourth-order valence-electron chi connectivity index (χ4n) is 1.10. The van der Waals surface area contributed by atoms with Gasteiger partial charge in [-0.1, -0.05) is 23.7 Å². The number of hydrogen-bond acceptors (Lipinski definition) is 3. The Balaban J connectivity index is 2.67. The summed E-state index contributed by atoms with van der Waals surface area (Å²) in [6, 6.07) is 6.91. The van der Waals surface area contributed by atoms with E-state index in [1.807, 2.05) is 0 Å². The molecule has 0 saturated carbocycles. The van der Waals surface area contributed by atoms with Gasteiger partial charge in [-0.3, -0.25) is 0 Å². The third kappa shape index (κ3) is 1.27. The molecule has 1 aromatic heterocycles. The van der Waals surface area contributed by atoms with Gasteiger partial charge in [-0.2, -0.15) is 14.5 Å². The van der Waals surface area contributed by atoms with Crippen LogP contribution in [0.2, 0.25) is 5.02 Å². The smallest absolute Gasteiger partial charge is 0.334 e. The molecule has 0 bridgehead atoms. The molecule has 0 amide bonds. The van der Waals surface area contributed by atoms with Crippen LogP contribution in [0.5, 0.6) is 0 Å². The van der Waals surface area contributed by atoms with Crippen molar-refractivity contribution in [2.24, 2.45) is 0 Å². The van der Waals surface area contributed by atoms with Crippen molar-refractivity contribution in [2.45, 2.75) is 0 Å². The highest BCUT2D eigenvalue weighted by atomic mass is 35.5. The number of para-hydroxylation sites is 1. The van der Waals surface area contributed by atoms with Crippen molar-refractivity contribution in [3.05, 3.63) is 46.1 Å². The summed E-state index contributed by atoms with van der Waals surface area (Å²) >= 11 is 5.89. The Morgan fingerprint density at radius 3 is 2.64 bits per heavy atom. The minimum absolute atomic E-state index is 0.432. The van der Waals surface area contributed by atoms with Crippen molar-refractivity contribution in [3.63, 3.8) is 0 Å². The summed E-state index contributed by atoms with van der Waals surface area (Å²) in [5, 5.41) is 4.26. The van der Waals surface area contributed by atoms with Gasteiger partial charge in [0.1, 0.15) is 6.33 Å². The number of hydrogen-bond donors (Lipinski definition) is 1. The average molecular weight is 211 g/mol. The zero-order valence-corrected chi connectivity index (χ0v) is 7.85. The monoisotopic (exact) mass is 210 g/mol. The van der Waals surface area contributed by atoms with Crippen LogP contribution in [-0.4, -0.2) is 14.5 Å². The van der Waals surface area contributed by atoms with Gasteiger partial charge in [0.25, 0.3) is 0 Å². The van der Waals surface area contributed by atoms with Gasteiger partial charge in [0, 0.05) is 0 Å².